The molecule has 0 fully saturated rings. The molecule has 0 bridgehead atoms. The molecule has 0 aromatic rings. The highest BCUT2D eigenvalue weighted by molar-refractivity contribution is 4.88. The molecule has 40 valence electrons. The van der Waals surface area contributed by atoms with Crippen LogP contribution >= 0.6 is 0 Å². The Morgan fingerprint density at radius 2 is 2.57 bits per heavy atom. The quantitative estimate of drug-likeness (QED) is 0.508. The van der Waals surface area contributed by atoms with Crippen LogP contribution in [0.3, 0.4) is 0 Å². The van der Waals surface area contributed by atoms with Crippen LogP contribution in [0.1, 0.15) is 6.42 Å². The lowest BCUT2D eigenvalue weighted by Gasteiger charge is -2.11. The first-order valence-corrected chi connectivity index (χ1v) is 2.54. The molecular formula is C5H10N2. The summed E-state index contributed by atoms with van der Waals surface area (Å²) in [6.45, 7) is 1.12. The zero-order chi connectivity index (χ0) is 5.11. The molecule has 0 aromatic heterocycles. The monoisotopic (exact) mass is 98.1 g/mol. The van der Waals surface area contributed by atoms with Crippen molar-refractivity contribution < 1.29 is 0 Å². The van der Waals surface area contributed by atoms with Crippen LogP contribution in [-0.4, -0.2) is 18.6 Å². The van der Waals surface area contributed by atoms with E-state index in [0.717, 1.165) is 6.54 Å². The van der Waals surface area contributed by atoms with E-state index < -0.39 is 0 Å². The number of hydrogen-bond acceptors (Lipinski definition) is 2. The average Bonchev–Trinajstić information content (AvgIpc) is 2.14. The molecule has 0 unspecified atom stereocenters. The maximum atomic E-state index is 3.01. The van der Waals surface area contributed by atoms with Gasteiger partial charge in [0, 0.05) is 19.8 Å². The zero-order valence-corrected chi connectivity index (χ0v) is 4.52. The van der Waals surface area contributed by atoms with Crippen LogP contribution in [0, 0.1) is 0 Å². The Hall–Kier alpha value is -0.500. The molecule has 0 aliphatic carbocycles. The number of hydrogen-bond donors (Lipinski definition) is 1. The zero-order valence-electron chi connectivity index (χ0n) is 4.52. The molecule has 1 aliphatic rings. The van der Waals surface area contributed by atoms with E-state index in [2.05, 4.69) is 22.7 Å². The van der Waals surface area contributed by atoms with Crippen molar-refractivity contribution in [2.45, 2.75) is 6.42 Å². The van der Waals surface area contributed by atoms with E-state index >= 15 is 0 Å². The molecule has 0 saturated carbocycles. The van der Waals surface area contributed by atoms with Crippen molar-refractivity contribution in [3.05, 3.63) is 12.3 Å². The third-order valence-corrected chi connectivity index (χ3v) is 1.11. The second kappa shape index (κ2) is 1.98. The van der Waals surface area contributed by atoms with Gasteiger partial charge < -0.3 is 5.01 Å². The predicted molar refractivity (Wildman–Crippen MR) is 29.5 cm³/mol. The molecule has 1 N–H and O–H groups in total. The molecule has 0 aromatic carbocycles. The second-order valence-electron chi connectivity index (χ2n) is 1.59. The first-order chi connectivity index (χ1) is 3.43. The van der Waals surface area contributed by atoms with E-state index in [0.29, 0.717) is 0 Å². The summed E-state index contributed by atoms with van der Waals surface area (Å²) in [5, 5.41) is 2.06. The van der Waals surface area contributed by atoms with Crippen molar-refractivity contribution in [1.29, 1.82) is 0 Å². The molecule has 7 heavy (non-hydrogen) atoms. The summed E-state index contributed by atoms with van der Waals surface area (Å²) in [5.74, 6) is 0. The normalized spacial score (nSPS) is 18.7. The number of nitrogens with one attached hydrogen (secondary N) is 1. The summed E-state index contributed by atoms with van der Waals surface area (Å²) in [6, 6.07) is 0. The summed E-state index contributed by atoms with van der Waals surface area (Å²) in [6.07, 6.45) is 5.39. The minimum atomic E-state index is 1.12. The summed E-state index contributed by atoms with van der Waals surface area (Å²) in [5.41, 5.74) is 3.01. The lowest BCUT2D eigenvalue weighted by molar-refractivity contribution is 0.324. The van der Waals surface area contributed by atoms with E-state index in [1.54, 1.807) is 0 Å². The number of hydrazine groups is 1. The lowest BCUT2D eigenvalue weighted by Crippen LogP contribution is -2.27. The molecular weight excluding hydrogens is 88.1 g/mol. The maximum Gasteiger partial charge on any atom is 0.0372 e. The first kappa shape index (κ1) is 4.65. The summed E-state index contributed by atoms with van der Waals surface area (Å²) in [7, 11) is 1.93. The standard InChI is InChI=1S/C5H10N2/c1-6-7-4-2-3-5-7/h2,4,6H,3,5H2,1H3. The highest BCUT2D eigenvalue weighted by atomic mass is 15.5. The van der Waals surface area contributed by atoms with Crippen LogP contribution in [0.15, 0.2) is 12.3 Å². The van der Waals surface area contributed by atoms with Crippen molar-refractivity contribution >= 4 is 0 Å². The Bertz CT molecular complexity index is 78.1. The fraction of sp³-hybridized carbons (Fsp3) is 0.600. The molecule has 2 heteroatoms. The fourth-order valence-corrected chi connectivity index (χ4v) is 0.676. The summed E-state index contributed by atoms with van der Waals surface area (Å²) in [4.78, 5) is 0. The van der Waals surface area contributed by atoms with Gasteiger partial charge in [0.1, 0.15) is 0 Å². The Morgan fingerprint density at radius 1 is 1.71 bits per heavy atom. The predicted octanol–water partition coefficient (Wildman–Crippen LogP) is 0.340. The van der Waals surface area contributed by atoms with E-state index in [-0.39, 0.29) is 0 Å². The molecule has 1 heterocycles. The molecule has 2 nitrogen and oxygen atoms in total. The topological polar surface area (TPSA) is 15.3 Å². The van der Waals surface area contributed by atoms with Crippen molar-refractivity contribution in [3.8, 4) is 0 Å². The lowest BCUT2D eigenvalue weighted by atomic mass is 10.5. The van der Waals surface area contributed by atoms with Gasteiger partial charge in [0.2, 0.25) is 0 Å². The van der Waals surface area contributed by atoms with E-state index in [1.807, 2.05) is 7.05 Å². The highest BCUT2D eigenvalue weighted by Crippen LogP contribution is 1.97. The highest BCUT2D eigenvalue weighted by Gasteiger charge is 1.97. The Labute approximate surface area is 43.8 Å². The first-order valence-electron chi connectivity index (χ1n) is 2.54. The van der Waals surface area contributed by atoms with E-state index in [1.165, 1.54) is 6.42 Å². The van der Waals surface area contributed by atoms with Gasteiger partial charge in [-0.05, 0) is 6.42 Å². The van der Waals surface area contributed by atoms with E-state index in [4.69, 9.17) is 0 Å². The third-order valence-electron chi connectivity index (χ3n) is 1.11. The number of nitrogens with zero attached hydrogens (tertiary/aromatic N) is 1. The summed E-state index contributed by atoms with van der Waals surface area (Å²) < 4.78 is 0. The van der Waals surface area contributed by atoms with Gasteiger partial charge >= 0.3 is 0 Å². The van der Waals surface area contributed by atoms with Gasteiger partial charge in [-0.2, -0.15) is 0 Å². The second-order valence-corrected chi connectivity index (χ2v) is 1.59. The van der Waals surface area contributed by atoms with Crippen molar-refractivity contribution in [3.63, 3.8) is 0 Å². The van der Waals surface area contributed by atoms with Crippen molar-refractivity contribution in [2.24, 2.45) is 0 Å². The third kappa shape index (κ3) is 0.933. The number of rotatable bonds is 1. The van der Waals surface area contributed by atoms with Gasteiger partial charge in [0.15, 0.2) is 0 Å². The molecule has 0 atom stereocenters. The van der Waals surface area contributed by atoms with Crippen LogP contribution in [0.4, 0.5) is 0 Å². The van der Waals surface area contributed by atoms with E-state index in [9.17, 15) is 0 Å². The van der Waals surface area contributed by atoms with Gasteiger partial charge in [-0.15, -0.1) is 0 Å². The van der Waals surface area contributed by atoms with Crippen LogP contribution in [-0.2, 0) is 0 Å². The minimum Gasteiger partial charge on any atom is -0.316 e. The maximum absolute atomic E-state index is 3.01. The van der Waals surface area contributed by atoms with Gasteiger partial charge in [0.05, 0.1) is 0 Å². The smallest absolute Gasteiger partial charge is 0.0372 e. The SMILES string of the molecule is CNN1C=CCC1. The molecule has 0 amide bonds. The average molecular weight is 98.1 g/mol. The Balaban J connectivity index is 2.28. The van der Waals surface area contributed by atoms with Gasteiger partial charge in [0.25, 0.3) is 0 Å². The fourth-order valence-electron chi connectivity index (χ4n) is 0.676. The van der Waals surface area contributed by atoms with Crippen LogP contribution in [0.2, 0.25) is 0 Å². The van der Waals surface area contributed by atoms with Crippen LogP contribution in [0.25, 0.3) is 0 Å². The summed E-state index contributed by atoms with van der Waals surface area (Å²) >= 11 is 0. The van der Waals surface area contributed by atoms with Crippen molar-refractivity contribution in [2.75, 3.05) is 13.6 Å². The Kier molecular flexibility index (Phi) is 1.32. The largest absolute Gasteiger partial charge is 0.316 e. The van der Waals surface area contributed by atoms with Gasteiger partial charge in [-0.25, -0.2) is 5.43 Å². The molecule has 1 rings (SSSR count). The van der Waals surface area contributed by atoms with Crippen LogP contribution in [0.5, 0.6) is 0 Å². The molecule has 0 saturated heterocycles. The molecule has 0 radical (unpaired) electrons. The molecule has 1 aliphatic heterocycles. The van der Waals surface area contributed by atoms with Gasteiger partial charge in [-0.1, -0.05) is 6.08 Å². The van der Waals surface area contributed by atoms with Crippen LogP contribution < -0.4 is 5.43 Å². The molecule has 0 spiro atoms. The van der Waals surface area contributed by atoms with Gasteiger partial charge in [-0.3, -0.25) is 0 Å². The van der Waals surface area contributed by atoms with Crippen molar-refractivity contribution in [1.82, 2.24) is 10.4 Å². The Morgan fingerprint density at radius 3 is 2.86 bits per heavy atom. The minimum absolute atomic E-state index is 1.12.